The smallest absolute Gasteiger partial charge is 0.311 e. The second kappa shape index (κ2) is 6.72. The molecule has 0 bridgehead atoms. The predicted molar refractivity (Wildman–Crippen MR) is 75.8 cm³/mol. The highest BCUT2D eigenvalue weighted by molar-refractivity contribution is 5.74. The van der Waals surface area contributed by atoms with Gasteiger partial charge in [-0.1, -0.05) is 18.2 Å². The summed E-state index contributed by atoms with van der Waals surface area (Å²) >= 11 is 0. The molecule has 2 atom stereocenters. The first-order valence-corrected chi connectivity index (χ1v) is 7.21. The standard InChI is InChI=1S/C16H20O5/c1-2-21-16(20)13-7-5-11-9-10(4-8-14(17)18)3-6-12(11)15(13)19/h3,6,9,13,15,19H,2,4-5,7-8H2,1H3,(H,17,18)/t13-,15-/m1/s1. The van der Waals surface area contributed by atoms with Crippen molar-refractivity contribution in [3.05, 3.63) is 34.9 Å². The quantitative estimate of drug-likeness (QED) is 0.809. The Morgan fingerprint density at radius 3 is 2.81 bits per heavy atom. The second-order valence-electron chi connectivity index (χ2n) is 5.27. The molecule has 0 amide bonds. The van der Waals surface area contributed by atoms with Gasteiger partial charge in [0.05, 0.1) is 18.6 Å². The van der Waals surface area contributed by atoms with E-state index in [-0.39, 0.29) is 12.4 Å². The van der Waals surface area contributed by atoms with Gasteiger partial charge in [-0.2, -0.15) is 0 Å². The number of rotatable bonds is 5. The van der Waals surface area contributed by atoms with Gasteiger partial charge in [0.1, 0.15) is 0 Å². The molecule has 2 N–H and O–H groups in total. The summed E-state index contributed by atoms with van der Waals surface area (Å²) in [6.07, 6.45) is 0.959. The first kappa shape index (κ1) is 15.5. The molecule has 0 aliphatic heterocycles. The SMILES string of the molecule is CCOC(=O)[C@@H]1CCc2cc(CCC(=O)O)ccc2[C@H]1O. The minimum absolute atomic E-state index is 0.0901. The first-order valence-electron chi connectivity index (χ1n) is 7.21. The minimum atomic E-state index is -0.846. The van der Waals surface area contributed by atoms with E-state index in [1.165, 1.54) is 0 Å². The van der Waals surface area contributed by atoms with Gasteiger partial charge in [-0.3, -0.25) is 9.59 Å². The normalized spacial score (nSPS) is 20.7. The summed E-state index contributed by atoms with van der Waals surface area (Å²) in [5.74, 6) is -1.69. The van der Waals surface area contributed by atoms with Crippen LogP contribution in [0.5, 0.6) is 0 Å². The fourth-order valence-electron chi connectivity index (χ4n) is 2.75. The lowest BCUT2D eigenvalue weighted by atomic mass is 9.80. The number of esters is 1. The number of carboxylic acids is 1. The van der Waals surface area contributed by atoms with Gasteiger partial charge in [0.15, 0.2) is 0 Å². The Labute approximate surface area is 123 Å². The van der Waals surface area contributed by atoms with E-state index in [9.17, 15) is 14.7 Å². The molecule has 5 heteroatoms. The Balaban J connectivity index is 2.13. The summed E-state index contributed by atoms with van der Waals surface area (Å²) in [7, 11) is 0. The van der Waals surface area contributed by atoms with Crippen molar-refractivity contribution in [1.82, 2.24) is 0 Å². The molecule has 0 fully saturated rings. The number of aliphatic hydroxyl groups excluding tert-OH is 1. The highest BCUT2D eigenvalue weighted by Gasteiger charge is 2.34. The largest absolute Gasteiger partial charge is 0.481 e. The molecule has 1 aromatic rings. The third-order valence-corrected chi connectivity index (χ3v) is 3.85. The molecule has 2 rings (SSSR count). The summed E-state index contributed by atoms with van der Waals surface area (Å²) in [6, 6.07) is 5.55. The Bertz CT molecular complexity index is 537. The number of carboxylic acid groups (broad SMARTS) is 1. The van der Waals surface area contributed by atoms with Crippen molar-refractivity contribution in [2.75, 3.05) is 6.61 Å². The summed E-state index contributed by atoms with van der Waals surface area (Å²) in [6.45, 7) is 2.05. The van der Waals surface area contributed by atoms with Crippen molar-refractivity contribution in [3.63, 3.8) is 0 Å². The van der Waals surface area contributed by atoms with Crippen molar-refractivity contribution >= 4 is 11.9 Å². The number of aliphatic hydroxyl groups is 1. The number of aryl methyl sites for hydroxylation is 2. The van der Waals surface area contributed by atoms with Crippen molar-refractivity contribution < 1.29 is 24.5 Å². The van der Waals surface area contributed by atoms with Gasteiger partial charge in [0, 0.05) is 6.42 Å². The van der Waals surface area contributed by atoms with Crippen LogP contribution in [0.15, 0.2) is 18.2 Å². The molecule has 0 saturated heterocycles. The lowest BCUT2D eigenvalue weighted by molar-refractivity contribution is -0.153. The fraction of sp³-hybridized carbons (Fsp3) is 0.500. The number of carbonyl (C=O) groups excluding carboxylic acids is 1. The van der Waals surface area contributed by atoms with E-state index in [0.29, 0.717) is 25.9 Å². The number of aliphatic carboxylic acids is 1. The number of carbonyl (C=O) groups is 2. The van der Waals surface area contributed by atoms with Gasteiger partial charge < -0.3 is 14.9 Å². The Hall–Kier alpha value is -1.88. The monoisotopic (exact) mass is 292 g/mol. The molecular weight excluding hydrogens is 272 g/mol. The van der Waals surface area contributed by atoms with Gasteiger partial charge in [0.2, 0.25) is 0 Å². The number of ether oxygens (including phenoxy) is 1. The van der Waals surface area contributed by atoms with Crippen LogP contribution in [0.2, 0.25) is 0 Å². The summed E-state index contributed by atoms with van der Waals surface area (Å²) in [5.41, 5.74) is 2.68. The highest BCUT2D eigenvalue weighted by Crippen LogP contribution is 2.35. The molecule has 1 aliphatic carbocycles. The van der Waals surface area contributed by atoms with Crippen LogP contribution < -0.4 is 0 Å². The first-order chi connectivity index (χ1) is 10.0. The molecule has 0 unspecified atom stereocenters. The van der Waals surface area contributed by atoms with Crippen molar-refractivity contribution in [2.24, 2.45) is 5.92 Å². The Morgan fingerprint density at radius 2 is 2.14 bits per heavy atom. The molecule has 0 spiro atoms. The molecule has 1 aliphatic rings. The third-order valence-electron chi connectivity index (χ3n) is 3.85. The lowest BCUT2D eigenvalue weighted by Crippen LogP contribution is -2.29. The molecule has 5 nitrogen and oxygen atoms in total. The fourth-order valence-corrected chi connectivity index (χ4v) is 2.75. The van der Waals surface area contributed by atoms with E-state index in [2.05, 4.69) is 0 Å². The van der Waals surface area contributed by atoms with Crippen LogP contribution in [0.1, 0.15) is 42.6 Å². The zero-order valence-corrected chi connectivity index (χ0v) is 12.0. The van der Waals surface area contributed by atoms with E-state index in [0.717, 1.165) is 16.7 Å². The van der Waals surface area contributed by atoms with E-state index < -0.39 is 18.0 Å². The Kier molecular flexibility index (Phi) is 4.96. The van der Waals surface area contributed by atoms with Gasteiger partial charge in [-0.25, -0.2) is 0 Å². The molecular formula is C16H20O5. The highest BCUT2D eigenvalue weighted by atomic mass is 16.5. The maximum Gasteiger partial charge on any atom is 0.311 e. The zero-order valence-electron chi connectivity index (χ0n) is 12.0. The van der Waals surface area contributed by atoms with Gasteiger partial charge in [0.25, 0.3) is 0 Å². The van der Waals surface area contributed by atoms with E-state index in [4.69, 9.17) is 9.84 Å². The van der Waals surface area contributed by atoms with Crippen LogP contribution in [-0.4, -0.2) is 28.8 Å². The maximum absolute atomic E-state index is 11.8. The maximum atomic E-state index is 11.8. The van der Waals surface area contributed by atoms with Gasteiger partial charge in [-0.15, -0.1) is 0 Å². The van der Waals surface area contributed by atoms with Crippen molar-refractivity contribution in [1.29, 1.82) is 0 Å². The van der Waals surface area contributed by atoms with Gasteiger partial charge >= 0.3 is 11.9 Å². The minimum Gasteiger partial charge on any atom is -0.481 e. The van der Waals surface area contributed by atoms with Crippen LogP contribution in [0.25, 0.3) is 0 Å². The van der Waals surface area contributed by atoms with Crippen molar-refractivity contribution in [2.45, 2.75) is 38.7 Å². The number of hydrogen-bond acceptors (Lipinski definition) is 4. The summed E-state index contributed by atoms with van der Waals surface area (Å²) in [4.78, 5) is 22.4. The van der Waals surface area contributed by atoms with E-state index in [1.807, 2.05) is 12.1 Å². The topological polar surface area (TPSA) is 83.8 Å². The van der Waals surface area contributed by atoms with Crippen LogP contribution >= 0.6 is 0 Å². The lowest BCUT2D eigenvalue weighted by Gasteiger charge is -2.28. The molecule has 0 heterocycles. The summed E-state index contributed by atoms with van der Waals surface area (Å²) in [5, 5.41) is 19.0. The van der Waals surface area contributed by atoms with Crippen molar-refractivity contribution in [3.8, 4) is 0 Å². The number of benzene rings is 1. The zero-order chi connectivity index (χ0) is 15.4. The van der Waals surface area contributed by atoms with Crippen LogP contribution in [0, 0.1) is 5.92 Å². The molecule has 21 heavy (non-hydrogen) atoms. The molecule has 1 aromatic carbocycles. The van der Waals surface area contributed by atoms with Gasteiger partial charge in [-0.05, 0) is 42.9 Å². The second-order valence-corrected chi connectivity index (χ2v) is 5.27. The van der Waals surface area contributed by atoms with Crippen LogP contribution in [-0.2, 0) is 27.2 Å². The van der Waals surface area contributed by atoms with Crippen LogP contribution in [0.3, 0.4) is 0 Å². The Morgan fingerprint density at radius 1 is 1.38 bits per heavy atom. The molecule has 0 saturated carbocycles. The molecule has 0 radical (unpaired) electrons. The average Bonchev–Trinajstić information content (AvgIpc) is 2.45. The van der Waals surface area contributed by atoms with E-state index >= 15 is 0 Å². The molecule has 114 valence electrons. The van der Waals surface area contributed by atoms with E-state index in [1.54, 1.807) is 13.0 Å². The molecule has 0 aromatic heterocycles. The third kappa shape index (κ3) is 3.61. The average molecular weight is 292 g/mol. The summed E-state index contributed by atoms with van der Waals surface area (Å²) < 4.78 is 4.99. The van der Waals surface area contributed by atoms with Crippen LogP contribution in [0.4, 0.5) is 0 Å². The number of hydrogen-bond donors (Lipinski definition) is 2. The predicted octanol–water partition coefficient (Wildman–Crippen LogP) is 1.86. The number of fused-ring (bicyclic) bond motifs is 1.